The molecule has 1 aromatic carbocycles. The molecular weight excluding hydrogens is 400 g/mol. The lowest BCUT2D eigenvalue weighted by molar-refractivity contribution is -0.132. The third-order valence-corrected chi connectivity index (χ3v) is 5.09. The van der Waals surface area contributed by atoms with Crippen molar-refractivity contribution < 1.29 is 13.9 Å². The van der Waals surface area contributed by atoms with Gasteiger partial charge < -0.3 is 19.8 Å². The lowest BCUT2D eigenvalue weighted by Gasteiger charge is -2.17. The normalized spacial score (nSPS) is 17.6. The molecule has 1 aliphatic heterocycles. The van der Waals surface area contributed by atoms with Crippen molar-refractivity contribution in [2.24, 2.45) is 7.05 Å². The second kappa shape index (κ2) is 9.07. The number of nitrogens with zero attached hydrogens (tertiary/aromatic N) is 4. The van der Waals surface area contributed by atoms with E-state index in [0.717, 1.165) is 13.0 Å². The Bertz CT molecular complexity index is 1190. The summed E-state index contributed by atoms with van der Waals surface area (Å²) >= 11 is 0. The Hall–Kier alpha value is -3.55. The molecule has 0 unspecified atom stereocenters. The Balaban J connectivity index is 1.49. The molecule has 0 spiro atoms. The molecule has 0 saturated carbocycles. The molecule has 3 heterocycles. The molecule has 1 aliphatic rings. The van der Waals surface area contributed by atoms with Gasteiger partial charge in [0.15, 0.2) is 11.4 Å². The fraction of sp³-hybridized carbons (Fsp3) is 0.381. The number of carbonyl (C=O) groups is 1. The highest BCUT2D eigenvalue weighted by atomic mass is 16.5. The van der Waals surface area contributed by atoms with Gasteiger partial charge in [0.1, 0.15) is 12.1 Å². The molecule has 2 atom stereocenters. The molecule has 1 amide bonds. The Morgan fingerprint density at radius 2 is 2.32 bits per heavy atom. The van der Waals surface area contributed by atoms with Crippen LogP contribution in [0, 0.1) is 11.3 Å². The van der Waals surface area contributed by atoms with Crippen LogP contribution in [0.5, 0.6) is 0 Å². The lowest BCUT2D eigenvalue weighted by Crippen LogP contribution is -2.46. The van der Waals surface area contributed by atoms with Gasteiger partial charge in [-0.25, -0.2) is 14.8 Å². The number of hydrogen-bond acceptors (Lipinski definition) is 8. The summed E-state index contributed by atoms with van der Waals surface area (Å²) in [4.78, 5) is 33.0. The predicted octanol–water partition coefficient (Wildman–Crippen LogP) is 0.518. The first-order valence-electron chi connectivity index (χ1n) is 9.99. The number of carbonyl (C=O) groups excluding carboxylic acids is 1. The first-order valence-corrected chi connectivity index (χ1v) is 9.99. The molecule has 4 rings (SSSR count). The van der Waals surface area contributed by atoms with Crippen LogP contribution in [-0.4, -0.2) is 52.3 Å². The maximum atomic E-state index is 12.5. The van der Waals surface area contributed by atoms with Gasteiger partial charge in [-0.05, 0) is 37.2 Å². The molecule has 1 fully saturated rings. The number of amides is 1. The Labute approximate surface area is 177 Å². The highest BCUT2D eigenvalue weighted by Gasteiger charge is 2.23. The van der Waals surface area contributed by atoms with Crippen molar-refractivity contribution in [3.05, 3.63) is 46.7 Å². The lowest BCUT2D eigenvalue weighted by atomic mass is 10.1. The fourth-order valence-corrected chi connectivity index (χ4v) is 3.40. The maximum Gasteiger partial charge on any atom is 0.419 e. The summed E-state index contributed by atoms with van der Waals surface area (Å²) in [6.45, 7) is 1.72. The van der Waals surface area contributed by atoms with Gasteiger partial charge in [0.2, 0.25) is 0 Å². The Kier molecular flexibility index (Phi) is 6.06. The Morgan fingerprint density at radius 1 is 1.45 bits per heavy atom. The van der Waals surface area contributed by atoms with Crippen LogP contribution in [0.3, 0.4) is 0 Å². The van der Waals surface area contributed by atoms with Crippen molar-refractivity contribution in [3.8, 4) is 17.5 Å². The zero-order valence-corrected chi connectivity index (χ0v) is 17.0. The predicted molar refractivity (Wildman–Crippen MR) is 111 cm³/mol. The van der Waals surface area contributed by atoms with Crippen LogP contribution in [0.1, 0.15) is 12.1 Å². The van der Waals surface area contributed by atoms with E-state index in [2.05, 4.69) is 26.7 Å². The van der Waals surface area contributed by atoms with E-state index < -0.39 is 17.9 Å². The molecule has 3 aromatic rings. The van der Waals surface area contributed by atoms with Gasteiger partial charge in [-0.3, -0.25) is 9.36 Å². The quantitative estimate of drug-likeness (QED) is 0.607. The summed E-state index contributed by atoms with van der Waals surface area (Å²) in [5.41, 5.74) is 2.43. The molecule has 0 radical (unpaired) electrons. The number of hydrogen-bond donors (Lipinski definition) is 2. The number of nitriles is 1. The number of fused-ring (bicyclic) bond motifs is 1. The van der Waals surface area contributed by atoms with Crippen LogP contribution in [0.25, 0.3) is 22.5 Å². The molecule has 2 N–H and O–H groups in total. The maximum absolute atomic E-state index is 12.5. The van der Waals surface area contributed by atoms with Gasteiger partial charge in [0.25, 0.3) is 5.91 Å². The topological polar surface area (TPSA) is 135 Å². The summed E-state index contributed by atoms with van der Waals surface area (Å²) in [5, 5.41) is 15.4. The van der Waals surface area contributed by atoms with Crippen LogP contribution in [0.4, 0.5) is 0 Å². The molecule has 160 valence electrons. The zero-order valence-electron chi connectivity index (χ0n) is 17.0. The van der Waals surface area contributed by atoms with Crippen molar-refractivity contribution in [2.45, 2.75) is 25.0 Å². The number of nitrogens with one attached hydrogen (secondary N) is 2. The second-order valence-corrected chi connectivity index (χ2v) is 7.29. The standard InChI is InChI=1S/C21H22N6O4/c1-27-16-9-13(3-4-17(16)31-21(27)29)19-24-7-5-14(25-19)10-15(11-22)26-20(28)18-12-23-6-2-8-30-18/h3-5,7,9,15,18,23H,2,6,8,10,12H2,1H3,(H,26,28)/t15-,18+/m1/s1. The largest absolute Gasteiger partial charge is 0.419 e. The third-order valence-electron chi connectivity index (χ3n) is 5.09. The average molecular weight is 422 g/mol. The van der Waals surface area contributed by atoms with Gasteiger partial charge in [-0.15, -0.1) is 0 Å². The number of aromatic nitrogens is 3. The van der Waals surface area contributed by atoms with Gasteiger partial charge in [-0.2, -0.15) is 5.26 Å². The van der Waals surface area contributed by atoms with Crippen LogP contribution in [0.2, 0.25) is 0 Å². The SMILES string of the molecule is Cn1c(=O)oc2ccc(-c3nccc(C[C@H](C#N)NC(=O)[C@@H]4CNCCCO4)n3)cc21. The van der Waals surface area contributed by atoms with E-state index in [4.69, 9.17) is 9.15 Å². The molecule has 31 heavy (non-hydrogen) atoms. The van der Waals surface area contributed by atoms with Gasteiger partial charge >= 0.3 is 5.76 Å². The van der Waals surface area contributed by atoms with Gasteiger partial charge in [-0.1, -0.05) is 0 Å². The number of aryl methyl sites for hydroxylation is 1. The molecule has 0 aliphatic carbocycles. The van der Waals surface area contributed by atoms with E-state index >= 15 is 0 Å². The zero-order chi connectivity index (χ0) is 21.8. The minimum Gasteiger partial charge on any atom is -0.408 e. The first-order chi connectivity index (χ1) is 15.0. The summed E-state index contributed by atoms with van der Waals surface area (Å²) in [6, 6.07) is 8.31. The summed E-state index contributed by atoms with van der Waals surface area (Å²) in [7, 11) is 1.63. The number of ether oxygens (including phenoxy) is 1. The first kappa shape index (κ1) is 20.7. The molecule has 2 aromatic heterocycles. The highest BCUT2D eigenvalue weighted by molar-refractivity contribution is 5.81. The summed E-state index contributed by atoms with van der Waals surface area (Å²) < 4.78 is 12.1. The van der Waals surface area contributed by atoms with E-state index in [1.165, 1.54) is 4.57 Å². The molecular formula is C21H22N6O4. The van der Waals surface area contributed by atoms with Crippen LogP contribution in [0.15, 0.2) is 39.7 Å². The molecule has 10 nitrogen and oxygen atoms in total. The van der Waals surface area contributed by atoms with Crippen molar-refractivity contribution in [1.82, 2.24) is 25.2 Å². The monoisotopic (exact) mass is 422 g/mol. The van der Waals surface area contributed by atoms with Gasteiger partial charge in [0, 0.05) is 44.1 Å². The summed E-state index contributed by atoms with van der Waals surface area (Å²) in [6.07, 6.45) is 2.05. The second-order valence-electron chi connectivity index (χ2n) is 7.29. The van der Waals surface area contributed by atoms with E-state index in [-0.39, 0.29) is 12.3 Å². The van der Waals surface area contributed by atoms with Crippen LogP contribution >= 0.6 is 0 Å². The molecule has 1 saturated heterocycles. The molecule has 10 heteroatoms. The number of rotatable bonds is 5. The molecule has 0 bridgehead atoms. The van der Waals surface area contributed by atoms with Crippen molar-refractivity contribution in [3.63, 3.8) is 0 Å². The minimum absolute atomic E-state index is 0.227. The van der Waals surface area contributed by atoms with Crippen LogP contribution < -0.4 is 16.4 Å². The number of benzene rings is 1. The van der Waals surface area contributed by atoms with Crippen molar-refractivity contribution >= 4 is 17.0 Å². The van der Waals surface area contributed by atoms with E-state index in [1.807, 2.05) is 0 Å². The summed E-state index contributed by atoms with van der Waals surface area (Å²) in [5.74, 6) is -0.309. The van der Waals surface area contributed by atoms with Gasteiger partial charge in [0.05, 0.1) is 11.6 Å². The minimum atomic E-state index is -0.751. The van der Waals surface area contributed by atoms with E-state index in [0.29, 0.717) is 41.3 Å². The Morgan fingerprint density at radius 3 is 3.16 bits per heavy atom. The van der Waals surface area contributed by atoms with E-state index in [1.54, 1.807) is 37.5 Å². The van der Waals surface area contributed by atoms with Crippen LogP contribution in [-0.2, 0) is 23.0 Å². The number of oxazole rings is 1. The average Bonchev–Trinajstić information content (AvgIpc) is 2.95. The van der Waals surface area contributed by atoms with E-state index in [9.17, 15) is 14.9 Å². The van der Waals surface area contributed by atoms with Crippen molar-refractivity contribution in [2.75, 3.05) is 19.7 Å². The fourth-order valence-electron chi connectivity index (χ4n) is 3.40. The van der Waals surface area contributed by atoms with Crippen molar-refractivity contribution in [1.29, 1.82) is 5.26 Å². The highest BCUT2D eigenvalue weighted by Crippen LogP contribution is 2.21. The smallest absolute Gasteiger partial charge is 0.408 e. The third kappa shape index (κ3) is 4.63.